The second kappa shape index (κ2) is 5.54. The number of nitrogens with zero attached hydrogens (tertiary/aromatic N) is 3. The minimum Gasteiger partial charge on any atom is -0.395 e. The second-order valence-electron chi connectivity index (χ2n) is 5.04. The van der Waals surface area contributed by atoms with E-state index < -0.39 is 0 Å². The minimum atomic E-state index is -0.0603. The van der Waals surface area contributed by atoms with Crippen LogP contribution in [-0.4, -0.2) is 45.1 Å². The van der Waals surface area contributed by atoms with Gasteiger partial charge in [-0.25, -0.2) is 0 Å². The van der Waals surface area contributed by atoms with Crippen molar-refractivity contribution in [1.82, 2.24) is 14.9 Å². The summed E-state index contributed by atoms with van der Waals surface area (Å²) in [5.41, 5.74) is 1.91. The van der Waals surface area contributed by atoms with Gasteiger partial charge in [0.2, 0.25) is 0 Å². The van der Waals surface area contributed by atoms with E-state index in [4.69, 9.17) is 0 Å². The van der Waals surface area contributed by atoms with Gasteiger partial charge in [-0.3, -0.25) is 14.8 Å². The zero-order chi connectivity index (χ0) is 13.9. The van der Waals surface area contributed by atoms with Gasteiger partial charge in [0.1, 0.15) is 5.52 Å². The molecular weight excluding hydrogens is 254 g/mol. The number of carbonyl (C=O) groups is 1. The third kappa shape index (κ3) is 2.25. The number of para-hydroxylation sites is 1. The van der Waals surface area contributed by atoms with Crippen molar-refractivity contribution in [2.24, 2.45) is 0 Å². The summed E-state index contributed by atoms with van der Waals surface area (Å²) in [7, 11) is 0. The summed E-state index contributed by atoms with van der Waals surface area (Å²) in [4.78, 5) is 23.0. The number of aliphatic hydroxyl groups is 1. The van der Waals surface area contributed by atoms with Crippen LogP contribution in [0.5, 0.6) is 0 Å². The van der Waals surface area contributed by atoms with Crippen LogP contribution in [-0.2, 0) is 0 Å². The zero-order valence-corrected chi connectivity index (χ0v) is 11.2. The largest absolute Gasteiger partial charge is 0.395 e. The summed E-state index contributed by atoms with van der Waals surface area (Å²) in [6, 6.07) is 5.70. The van der Waals surface area contributed by atoms with Crippen LogP contribution < -0.4 is 0 Å². The van der Waals surface area contributed by atoms with Crippen molar-refractivity contribution in [3.05, 3.63) is 36.2 Å². The highest BCUT2D eigenvalue weighted by Gasteiger charge is 2.29. The number of benzene rings is 1. The van der Waals surface area contributed by atoms with E-state index in [1.54, 1.807) is 23.4 Å². The molecule has 0 radical (unpaired) electrons. The topological polar surface area (TPSA) is 66.3 Å². The lowest BCUT2D eigenvalue weighted by Gasteiger charge is -2.37. The first-order chi connectivity index (χ1) is 9.81. The predicted octanol–water partition coefficient (Wildman–Crippen LogP) is 1.62. The van der Waals surface area contributed by atoms with Crippen LogP contribution in [0.3, 0.4) is 0 Å². The van der Waals surface area contributed by atoms with Crippen molar-refractivity contribution in [1.29, 1.82) is 0 Å². The van der Waals surface area contributed by atoms with Crippen molar-refractivity contribution >= 4 is 16.9 Å². The average Bonchev–Trinajstić information content (AvgIpc) is 2.43. The molecule has 1 amide bonds. The quantitative estimate of drug-likeness (QED) is 0.917. The highest BCUT2D eigenvalue weighted by Crippen LogP contribution is 2.27. The molecule has 3 rings (SSSR count). The Morgan fingerprint density at radius 2 is 2.10 bits per heavy atom. The number of carbonyl (C=O) groups excluding carboxylic acids is 1. The number of aromatic nitrogens is 2. The van der Waals surface area contributed by atoms with Crippen LogP contribution in [0.25, 0.3) is 11.0 Å². The lowest BCUT2D eigenvalue weighted by Crippen LogP contribution is -2.45. The van der Waals surface area contributed by atoms with Crippen LogP contribution in [0, 0.1) is 0 Å². The van der Waals surface area contributed by atoms with Gasteiger partial charge in [-0.05, 0) is 31.4 Å². The molecule has 1 aliphatic carbocycles. The Balaban J connectivity index is 1.98. The average molecular weight is 271 g/mol. The maximum Gasteiger partial charge on any atom is 0.256 e. The van der Waals surface area contributed by atoms with Gasteiger partial charge in [0.25, 0.3) is 5.91 Å². The number of rotatable bonds is 4. The maximum atomic E-state index is 12.7. The Labute approximate surface area is 117 Å². The summed E-state index contributed by atoms with van der Waals surface area (Å²) in [6.07, 6.45) is 6.40. The first-order valence-corrected chi connectivity index (χ1v) is 6.93. The molecule has 1 aromatic carbocycles. The first kappa shape index (κ1) is 13.0. The Hall–Kier alpha value is -2.01. The summed E-state index contributed by atoms with van der Waals surface area (Å²) in [5, 5.41) is 9.19. The van der Waals surface area contributed by atoms with E-state index in [0.29, 0.717) is 17.6 Å². The second-order valence-corrected chi connectivity index (χ2v) is 5.04. The lowest BCUT2D eigenvalue weighted by atomic mass is 9.91. The summed E-state index contributed by atoms with van der Waals surface area (Å²) in [6.45, 7) is 0.360. The molecule has 0 atom stereocenters. The number of amides is 1. The fourth-order valence-corrected chi connectivity index (χ4v) is 2.58. The van der Waals surface area contributed by atoms with Gasteiger partial charge in [-0.1, -0.05) is 6.07 Å². The van der Waals surface area contributed by atoms with Crippen molar-refractivity contribution < 1.29 is 9.90 Å². The van der Waals surface area contributed by atoms with Crippen molar-refractivity contribution in [2.45, 2.75) is 25.3 Å². The van der Waals surface area contributed by atoms with E-state index in [9.17, 15) is 9.90 Å². The molecule has 5 nitrogen and oxygen atoms in total. The number of fused-ring (bicyclic) bond motifs is 1. The predicted molar refractivity (Wildman–Crippen MR) is 75.3 cm³/mol. The van der Waals surface area contributed by atoms with E-state index in [-0.39, 0.29) is 18.6 Å². The summed E-state index contributed by atoms with van der Waals surface area (Å²) in [5.74, 6) is -0.0603. The summed E-state index contributed by atoms with van der Waals surface area (Å²) < 4.78 is 0. The van der Waals surface area contributed by atoms with Crippen LogP contribution in [0.2, 0.25) is 0 Å². The first-order valence-electron chi connectivity index (χ1n) is 6.93. The van der Waals surface area contributed by atoms with Gasteiger partial charge < -0.3 is 10.0 Å². The normalized spacial score (nSPS) is 15.1. The molecule has 1 fully saturated rings. The molecular formula is C15H17N3O2. The fraction of sp³-hybridized carbons (Fsp3) is 0.400. The van der Waals surface area contributed by atoms with Crippen LogP contribution in [0.4, 0.5) is 0 Å². The van der Waals surface area contributed by atoms with Crippen LogP contribution >= 0.6 is 0 Å². The third-order valence-corrected chi connectivity index (χ3v) is 3.85. The van der Waals surface area contributed by atoms with Gasteiger partial charge >= 0.3 is 0 Å². The smallest absolute Gasteiger partial charge is 0.256 e. The van der Waals surface area contributed by atoms with Crippen LogP contribution in [0.1, 0.15) is 29.6 Å². The molecule has 0 saturated heterocycles. The van der Waals surface area contributed by atoms with E-state index >= 15 is 0 Å². The molecule has 104 valence electrons. The molecule has 1 aromatic heterocycles. The highest BCUT2D eigenvalue weighted by molar-refractivity contribution is 6.04. The van der Waals surface area contributed by atoms with E-state index in [0.717, 1.165) is 24.8 Å². The van der Waals surface area contributed by atoms with Gasteiger partial charge in [0, 0.05) is 25.0 Å². The minimum absolute atomic E-state index is 0.0152. The number of aliphatic hydroxyl groups excluding tert-OH is 1. The molecule has 1 heterocycles. The standard InChI is InChI=1S/C15H17N3O2/c19-10-9-18(11-3-1-4-11)15(20)12-5-2-6-13-14(12)17-8-7-16-13/h2,5-8,11,19H,1,3-4,9-10H2. The number of hydrogen-bond donors (Lipinski definition) is 1. The number of hydrogen-bond acceptors (Lipinski definition) is 4. The lowest BCUT2D eigenvalue weighted by molar-refractivity contribution is 0.0527. The van der Waals surface area contributed by atoms with Crippen LogP contribution in [0.15, 0.2) is 30.6 Å². The molecule has 0 unspecified atom stereocenters. The fourth-order valence-electron chi connectivity index (χ4n) is 2.58. The van der Waals surface area contributed by atoms with Crippen molar-refractivity contribution in [2.75, 3.05) is 13.2 Å². The maximum absolute atomic E-state index is 12.7. The van der Waals surface area contributed by atoms with Gasteiger partial charge in [-0.2, -0.15) is 0 Å². The van der Waals surface area contributed by atoms with Crippen molar-refractivity contribution in [3.63, 3.8) is 0 Å². The SMILES string of the molecule is O=C(c1cccc2nccnc12)N(CCO)C1CCC1. The van der Waals surface area contributed by atoms with Gasteiger partial charge in [0.05, 0.1) is 17.7 Å². The molecule has 1 aliphatic rings. The third-order valence-electron chi connectivity index (χ3n) is 3.85. The molecule has 1 N–H and O–H groups in total. The molecule has 20 heavy (non-hydrogen) atoms. The Morgan fingerprint density at radius 3 is 2.80 bits per heavy atom. The Bertz CT molecular complexity index is 620. The molecule has 2 aromatic rings. The van der Waals surface area contributed by atoms with Gasteiger partial charge in [0.15, 0.2) is 0 Å². The van der Waals surface area contributed by atoms with Crippen molar-refractivity contribution in [3.8, 4) is 0 Å². The Morgan fingerprint density at radius 1 is 1.30 bits per heavy atom. The zero-order valence-electron chi connectivity index (χ0n) is 11.2. The van der Waals surface area contributed by atoms with Gasteiger partial charge in [-0.15, -0.1) is 0 Å². The summed E-state index contributed by atoms with van der Waals surface area (Å²) >= 11 is 0. The molecule has 0 bridgehead atoms. The monoisotopic (exact) mass is 271 g/mol. The highest BCUT2D eigenvalue weighted by atomic mass is 16.3. The molecule has 5 heteroatoms. The van der Waals surface area contributed by atoms with E-state index in [2.05, 4.69) is 9.97 Å². The van der Waals surface area contributed by atoms with E-state index in [1.807, 2.05) is 12.1 Å². The molecule has 0 spiro atoms. The van der Waals surface area contributed by atoms with E-state index in [1.165, 1.54) is 0 Å². The molecule has 1 saturated carbocycles. The Kier molecular flexibility index (Phi) is 3.60. The molecule has 0 aliphatic heterocycles.